The first kappa shape index (κ1) is 10.4. The Kier molecular flexibility index (Phi) is 2.42. The van der Waals surface area contributed by atoms with Gasteiger partial charge in [-0.15, -0.1) is 0 Å². The molecule has 1 aromatic carbocycles. The van der Waals surface area contributed by atoms with Gasteiger partial charge in [0.05, 0.1) is 6.54 Å². The van der Waals surface area contributed by atoms with E-state index in [1.54, 1.807) is 0 Å². The van der Waals surface area contributed by atoms with Gasteiger partial charge in [0.2, 0.25) is 0 Å². The second kappa shape index (κ2) is 3.95. The Morgan fingerprint density at radius 1 is 1.35 bits per heavy atom. The maximum absolute atomic E-state index is 6.13. The summed E-state index contributed by atoms with van der Waals surface area (Å²) in [4.78, 5) is 4.48. The highest BCUT2D eigenvalue weighted by Crippen LogP contribution is 2.36. The third kappa shape index (κ3) is 1.64. The minimum atomic E-state index is -0.440. The Morgan fingerprint density at radius 2 is 2.18 bits per heavy atom. The van der Waals surface area contributed by atoms with E-state index in [0.29, 0.717) is 6.61 Å². The molecule has 2 aliphatic rings. The van der Waals surface area contributed by atoms with E-state index in [9.17, 15) is 0 Å². The monoisotopic (exact) mass is 232 g/mol. The summed E-state index contributed by atoms with van der Waals surface area (Å²) >= 11 is 0. The van der Waals surface area contributed by atoms with E-state index in [1.807, 2.05) is 24.3 Å². The summed E-state index contributed by atoms with van der Waals surface area (Å²) in [5, 5.41) is 3.29. The minimum absolute atomic E-state index is 0.440. The van der Waals surface area contributed by atoms with Crippen molar-refractivity contribution in [3.63, 3.8) is 0 Å². The van der Waals surface area contributed by atoms with Crippen molar-refractivity contribution in [3.8, 4) is 11.5 Å². The van der Waals surface area contributed by atoms with Crippen LogP contribution < -0.4 is 14.8 Å². The van der Waals surface area contributed by atoms with E-state index in [0.717, 1.165) is 36.8 Å². The topological polar surface area (TPSA) is 42.9 Å². The number of aliphatic imine (C=N–C) groups is 1. The molecule has 3 rings (SSSR count). The van der Waals surface area contributed by atoms with Crippen LogP contribution in [0.2, 0.25) is 0 Å². The molecular weight excluding hydrogens is 216 g/mol. The summed E-state index contributed by atoms with van der Waals surface area (Å²) in [6.07, 6.45) is 0.840. The van der Waals surface area contributed by atoms with Gasteiger partial charge in [-0.3, -0.25) is 4.99 Å². The number of nitrogens with one attached hydrogen (secondary N) is 1. The zero-order chi connectivity index (χ0) is 11.7. The predicted octanol–water partition coefficient (Wildman–Crippen LogP) is 1.61. The van der Waals surface area contributed by atoms with Gasteiger partial charge in [-0.25, -0.2) is 0 Å². The van der Waals surface area contributed by atoms with Crippen molar-refractivity contribution in [3.05, 3.63) is 24.3 Å². The van der Waals surface area contributed by atoms with Crippen LogP contribution >= 0.6 is 0 Å². The molecule has 0 fully saturated rings. The molecule has 0 saturated heterocycles. The molecule has 4 nitrogen and oxygen atoms in total. The number of benzene rings is 1. The average Bonchev–Trinajstić information content (AvgIpc) is 2.92. The highest BCUT2D eigenvalue weighted by atomic mass is 16.6. The maximum Gasteiger partial charge on any atom is 0.199 e. The van der Waals surface area contributed by atoms with Crippen LogP contribution in [0.5, 0.6) is 11.5 Å². The zero-order valence-corrected chi connectivity index (χ0v) is 9.90. The normalized spacial score (nSPS) is 26.3. The van der Waals surface area contributed by atoms with Crippen LogP contribution in [0.4, 0.5) is 0 Å². The van der Waals surface area contributed by atoms with Crippen molar-refractivity contribution in [2.45, 2.75) is 18.9 Å². The first-order valence-electron chi connectivity index (χ1n) is 6.04. The molecule has 1 atom stereocenters. The summed E-state index contributed by atoms with van der Waals surface area (Å²) in [7, 11) is 0. The molecule has 1 N–H and O–H groups in total. The standard InChI is InChI=1S/C13H16N2O2/c1-2-13(12-14-7-8-15-12)9-16-10-5-3-4-6-11(10)17-13/h3-6H,2,7-9H2,1H3,(H,14,15). The van der Waals surface area contributed by atoms with Crippen molar-refractivity contribution < 1.29 is 9.47 Å². The van der Waals surface area contributed by atoms with Crippen LogP contribution in [0.3, 0.4) is 0 Å². The van der Waals surface area contributed by atoms with Crippen LogP contribution in [-0.2, 0) is 0 Å². The number of hydrogen-bond donors (Lipinski definition) is 1. The summed E-state index contributed by atoms with van der Waals surface area (Å²) in [6.45, 7) is 4.33. The number of ether oxygens (including phenoxy) is 2. The lowest BCUT2D eigenvalue weighted by Gasteiger charge is -2.37. The van der Waals surface area contributed by atoms with Crippen LogP contribution in [0.1, 0.15) is 13.3 Å². The molecule has 0 aliphatic carbocycles. The van der Waals surface area contributed by atoms with Gasteiger partial charge < -0.3 is 14.8 Å². The molecule has 1 aromatic rings. The Hall–Kier alpha value is -1.71. The Labute approximate surface area is 101 Å². The highest BCUT2D eigenvalue weighted by molar-refractivity contribution is 5.92. The van der Waals surface area contributed by atoms with Crippen molar-refractivity contribution in [1.29, 1.82) is 0 Å². The molecule has 17 heavy (non-hydrogen) atoms. The Bertz CT molecular complexity index is 458. The molecule has 0 saturated carbocycles. The van der Waals surface area contributed by atoms with E-state index in [1.165, 1.54) is 0 Å². The fraction of sp³-hybridized carbons (Fsp3) is 0.462. The molecule has 2 aliphatic heterocycles. The van der Waals surface area contributed by atoms with Crippen LogP contribution in [0, 0.1) is 0 Å². The molecule has 2 heterocycles. The van der Waals surface area contributed by atoms with Gasteiger partial charge in [-0.2, -0.15) is 0 Å². The van der Waals surface area contributed by atoms with Gasteiger partial charge in [-0.1, -0.05) is 19.1 Å². The Balaban J connectivity index is 1.94. The summed E-state index contributed by atoms with van der Waals surface area (Å²) < 4.78 is 11.9. The van der Waals surface area contributed by atoms with Gasteiger partial charge in [0, 0.05) is 6.54 Å². The van der Waals surface area contributed by atoms with Crippen LogP contribution in [0.25, 0.3) is 0 Å². The zero-order valence-electron chi connectivity index (χ0n) is 9.90. The Morgan fingerprint density at radius 3 is 2.88 bits per heavy atom. The number of para-hydroxylation sites is 2. The summed E-state index contributed by atoms with van der Waals surface area (Å²) in [5.41, 5.74) is -0.440. The van der Waals surface area contributed by atoms with Crippen LogP contribution in [0.15, 0.2) is 29.3 Å². The second-order valence-corrected chi connectivity index (χ2v) is 4.34. The van der Waals surface area contributed by atoms with Gasteiger partial charge in [0.25, 0.3) is 0 Å². The van der Waals surface area contributed by atoms with Crippen LogP contribution in [-0.4, -0.2) is 31.1 Å². The van der Waals surface area contributed by atoms with E-state index in [2.05, 4.69) is 17.2 Å². The molecular formula is C13H16N2O2. The third-order valence-corrected chi connectivity index (χ3v) is 3.29. The summed E-state index contributed by atoms with van der Waals surface area (Å²) in [6, 6.07) is 7.78. The van der Waals surface area contributed by atoms with Crippen molar-refractivity contribution in [2.75, 3.05) is 19.7 Å². The molecule has 0 aromatic heterocycles. The second-order valence-electron chi connectivity index (χ2n) is 4.34. The van der Waals surface area contributed by atoms with E-state index in [-0.39, 0.29) is 0 Å². The predicted molar refractivity (Wildman–Crippen MR) is 65.9 cm³/mol. The molecule has 0 radical (unpaired) electrons. The van der Waals surface area contributed by atoms with E-state index < -0.39 is 5.60 Å². The first-order valence-corrected chi connectivity index (χ1v) is 6.04. The number of fused-ring (bicyclic) bond motifs is 1. The SMILES string of the molecule is CCC1(C2=NCCN2)COc2ccccc2O1. The fourth-order valence-corrected chi connectivity index (χ4v) is 2.25. The largest absolute Gasteiger partial charge is 0.485 e. The lowest BCUT2D eigenvalue weighted by atomic mass is 9.98. The van der Waals surface area contributed by atoms with Crippen molar-refractivity contribution in [1.82, 2.24) is 5.32 Å². The molecule has 90 valence electrons. The highest BCUT2D eigenvalue weighted by Gasteiger charge is 2.42. The molecule has 0 amide bonds. The average molecular weight is 232 g/mol. The molecule has 4 heteroatoms. The van der Waals surface area contributed by atoms with Gasteiger partial charge in [0.1, 0.15) is 12.4 Å². The number of nitrogens with zero attached hydrogens (tertiary/aromatic N) is 1. The maximum atomic E-state index is 6.13. The fourth-order valence-electron chi connectivity index (χ4n) is 2.25. The number of amidine groups is 1. The first-order chi connectivity index (χ1) is 8.34. The third-order valence-electron chi connectivity index (χ3n) is 3.29. The number of hydrogen-bond acceptors (Lipinski definition) is 4. The van der Waals surface area contributed by atoms with Crippen molar-refractivity contribution >= 4 is 5.84 Å². The molecule has 0 bridgehead atoms. The molecule has 1 unspecified atom stereocenters. The minimum Gasteiger partial charge on any atom is -0.485 e. The molecule has 0 spiro atoms. The van der Waals surface area contributed by atoms with Crippen molar-refractivity contribution in [2.24, 2.45) is 4.99 Å². The van der Waals surface area contributed by atoms with Gasteiger partial charge >= 0.3 is 0 Å². The summed E-state index contributed by atoms with van der Waals surface area (Å²) in [5.74, 6) is 2.54. The lowest BCUT2D eigenvalue weighted by Crippen LogP contribution is -2.55. The number of rotatable bonds is 2. The lowest BCUT2D eigenvalue weighted by molar-refractivity contribution is 0.0406. The quantitative estimate of drug-likeness (QED) is 0.842. The van der Waals surface area contributed by atoms with Gasteiger partial charge in [-0.05, 0) is 18.6 Å². The van der Waals surface area contributed by atoms with Gasteiger partial charge in [0.15, 0.2) is 17.1 Å². The van der Waals surface area contributed by atoms with E-state index >= 15 is 0 Å². The van der Waals surface area contributed by atoms with E-state index in [4.69, 9.17) is 9.47 Å². The smallest absolute Gasteiger partial charge is 0.199 e.